The maximum absolute atomic E-state index is 12.0. The number of hydrogen-bond acceptors (Lipinski definition) is 4. The van der Waals surface area contributed by atoms with E-state index in [1.807, 2.05) is 0 Å². The normalized spacial score (nSPS) is 14.2. The van der Waals surface area contributed by atoms with Crippen LogP contribution in [0.2, 0.25) is 0 Å². The van der Waals surface area contributed by atoms with Gasteiger partial charge in [0.2, 0.25) is 5.91 Å². The molecule has 22 heavy (non-hydrogen) atoms. The fraction of sp³-hybridized carbons (Fsp3) is 0.250. The van der Waals surface area contributed by atoms with E-state index in [1.54, 1.807) is 42.3 Å². The van der Waals surface area contributed by atoms with Crippen LogP contribution in [-0.2, 0) is 4.79 Å². The lowest BCUT2D eigenvalue weighted by Gasteiger charge is -2.20. The molecule has 1 aliphatic heterocycles. The number of rotatable bonds is 4. The maximum Gasteiger partial charge on any atom is 0.291 e. The number of hydrogen-bond donors (Lipinski definition) is 1. The highest BCUT2D eigenvalue weighted by Crippen LogP contribution is 2.34. The van der Waals surface area contributed by atoms with Gasteiger partial charge in [-0.25, -0.2) is 0 Å². The van der Waals surface area contributed by atoms with Crippen molar-refractivity contribution in [2.45, 2.75) is 12.8 Å². The molecule has 0 saturated carbocycles. The van der Waals surface area contributed by atoms with Gasteiger partial charge >= 0.3 is 0 Å². The van der Waals surface area contributed by atoms with E-state index in [0.717, 1.165) is 6.42 Å². The Kier molecular flexibility index (Phi) is 3.82. The molecule has 6 nitrogen and oxygen atoms in total. The molecular formula is C16H16N2O4. The third-order valence-corrected chi connectivity index (χ3v) is 3.55. The Bertz CT molecular complexity index is 694. The summed E-state index contributed by atoms with van der Waals surface area (Å²) in [4.78, 5) is 25.6. The molecule has 6 heteroatoms. The van der Waals surface area contributed by atoms with E-state index in [9.17, 15) is 9.59 Å². The molecule has 2 heterocycles. The van der Waals surface area contributed by atoms with Gasteiger partial charge in [-0.3, -0.25) is 9.59 Å². The van der Waals surface area contributed by atoms with Crippen molar-refractivity contribution in [1.82, 2.24) is 0 Å². The van der Waals surface area contributed by atoms with Gasteiger partial charge in [0.15, 0.2) is 5.76 Å². The van der Waals surface area contributed by atoms with Crippen LogP contribution in [0, 0.1) is 0 Å². The summed E-state index contributed by atoms with van der Waals surface area (Å²) in [6.07, 6.45) is 2.80. The number of anilines is 2. The van der Waals surface area contributed by atoms with E-state index >= 15 is 0 Å². The fourth-order valence-corrected chi connectivity index (χ4v) is 2.48. The van der Waals surface area contributed by atoms with E-state index in [4.69, 9.17) is 9.15 Å². The molecule has 0 aliphatic carbocycles. The Morgan fingerprint density at radius 3 is 2.86 bits per heavy atom. The summed E-state index contributed by atoms with van der Waals surface area (Å²) < 4.78 is 10.4. The minimum atomic E-state index is -0.339. The average Bonchev–Trinajstić information content (AvgIpc) is 3.18. The van der Waals surface area contributed by atoms with Crippen LogP contribution >= 0.6 is 0 Å². The van der Waals surface area contributed by atoms with Crippen LogP contribution in [0.25, 0.3) is 0 Å². The topological polar surface area (TPSA) is 71.8 Å². The van der Waals surface area contributed by atoms with Crippen molar-refractivity contribution in [2.24, 2.45) is 0 Å². The van der Waals surface area contributed by atoms with Gasteiger partial charge in [0.25, 0.3) is 5.91 Å². The molecule has 1 aliphatic rings. The predicted molar refractivity (Wildman–Crippen MR) is 81.2 cm³/mol. The van der Waals surface area contributed by atoms with Crippen LogP contribution in [0.1, 0.15) is 23.4 Å². The van der Waals surface area contributed by atoms with Crippen molar-refractivity contribution in [2.75, 3.05) is 23.9 Å². The number of amides is 2. The van der Waals surface area contributed by atoms with Crippen LogP contribution in [0.4, 0.5) is 11.4 Å². The second kappa shape index (κ2) is 5.93. The lowest BCUT2D eigenvalue weighted by molar-refractivity contribution is -0.117. The molecule has 1 aromatic carbocycles. The second-order valence-corrected chi connectivity index (χ2v) is 4.97. The molecule has 0 bridgehead atoms. The van der Waals surface area contributed by atoms with E-state index < -0.39 is 0 Å². The molecule has 1 fully saturated rings. The molecule has 2 aromatic rings. The Balaban J connectivity index is 1.87. The standard InChI is InChI=1S/C16H16N2O4/c1-21-13-7-6-11(17-16(20)14-4-3-9-22-14)10-12(13)18-8-2-5-15(18)19/h3-4,6-7,9-10H,2,5,8H2,1H3,(H,17,20). The number of nitrogens with one attached hydrogen (secondary N) is 1. The zero-order chi connectivity index (χ0) is 15.5. The van der Waals surface area contributed by atoms with Crippen LogP contribution in [0.15, 0.2) is 41.0 Å². The smallest absolute Gasteiger partial charge is 0.291 e. The van der Waals surface area contributed by atoms with Crippen LogP contribution in [-0.4, -0.2) is 25.5 Å². The van der Waals surface area contributed by atoms with Crippen LogP contribution < -0.4 is 15.0 Å². The fourth-order valence-electron chi connectivity index (χ4n) is 2.48. The summed E-state index contributed by atoms with van der Waals surface area (Å²) in [5, 5.41) is 2.75. The summed E-state index contributed by atoms with van der Waals surface area (Å²) in [5.41, 5.74) is 1.25. The number of furan rings is 1. The summed E-state index contributed by atoms with van der Waals surface area (Å²) in [6.45, 7) is 0.658. The van der Waals surface area contributed by atoms with E-state index in [1.165, 1.54) is 6.26 Å². The Hall–Kier alpha value is -2.76. The zero-order valence-corrected chi connectivity index (χ0v) is 12.2. The van der Waals surface area contributed by atoms with Gasteiger partial charge in [-0.05, 0) is 36.8 Å². The highest BCUT2D eigenvalue weighted by atomic mass is 16.5. The molecule has 1 aromatic heterocycles. The van der Waals surface area contributed by atoms with Crippen molar-refractivity contribution in [3.8, 4) is 5.75 Å². The summed E-state index contributed by atoms with van der Waals surface area (Å²) in [5.74, 6) is 0.558. The minimum absolute atomic E-state index is 0.0628. The summed E-state index contributed by atoms with van der Waals surface area (Å²) in [6, 6.07) is 8.44. The SMILES string of the molecule is COc1ccc(NC(=O)c2ccco2)cc1N1CCCC1=O. The first-order chi connectivity index (χ1) is 10.7. The first kappa shape index (κ1) is 14.2. The first-order valence-corrected chi connectivity index (χ1v) is 7.02. The average molecular weight is 300 g/mol. The van der Waals surface area contributed by atoms with E-state index in [0.29, 0.717) is 30.1 Å². The van der Waals surface area contributed by atoms with Crippen molar-refractivity contribution >= 4 is 23.2 Å². The van der Waals surface area contributed by atoms with E-state index in [-0.39, 0.29) is 17.6 Å². The van der Waals surface area contributed by atoms with Gasteiger partial charge in [0.05, 0.1) is 19.1 Å². The van der Waals surface area contributed by atoms with Gasteiger partial charge in [0.1, 0.15) is 5.75 Å². The molecule has 114 valence electrons. The van der Waals surface area contributed by atoms with Crippen LogP contribution in [0.5, 0.6) is 5.75 Å². The highest BCUT2D eigenvalue weighted by molar-refractivity contribution is 6.03. The molecule has 0 radical (unpaired) electrons. The number of benzene rings is 1. The van der Waals surface area contributed by atoms with Crippen molar-refractivity contribution in [3.63, 3.8) is 0 Å². The van der Waals surface area contributed by atoms with Crippen molar-refractivity contribution < 1.29 is 18.7 Å². The number of carbonyl (C=O) groups is 2. The van der Waals surface area contributed by atoms with Gasteiger partial charge < -0.3 is 19.4 Å². The molecule has 1 saturated heterocycles. The number of ether oxygens (including phenoxy) is 1. The number of nitrogens with zero attached hydrogens (tertiary/aromatic N) is 1. The quantitative estimate of drug-likeness (QED) is 0.942. The Morgan fingerprint density at radius 1 is 1.36 bits per heavy atom. The highest BCUT2D eigenvalue weighted by Gasteiger charge is 2.25. The van der Waals surface area contributed by atoms with Crippen molar-refractivity contribution in [3.05, 3.63) is 42.4 Å². The third-order valence-electron chi connectivity index (χ3n) is 3.55. The summed E-state index contributed by atoms with van der Waals surface area (Å²) >= 11 is 0. The first-order valence-electron chi connectivity index (χ1n) is 7.02. The predicted octanol–water partition coefficient (Wildman–Crippen LogP) is 2.67. The number of carbonyl (C=O) groups excluding carboxylic acids is 2. The Labute approximate surface area is 127 Å². The lowest BCUT2D eigenvalue weighted by Crippen LogP contribution is -2.24. The summed E-state index contributed by atoms with van der Waals surface area (Å²) in [7, 11) is 1.56. The third kappa shape index (κ3) is 2.67. The molecular weight excluding hydrogens is 284 g/mol. The van der Waals surface area contributed by atoms with Gasteiger partial charge in [0, 0.05) is 18.7 Å². The monoisotopic (exact) mass is 300 g/mol. The molecule has 2 amide bonds. The lowest BCUT2D eigenvalue weighted by atomic mass is 10.2. The van der Waals surface area contributed by atoms with E-state index in [2.05, 4.69) is 5.32 Å². The van der Waals surface area contributed by atoms with Gasteiger partial charge in [-0.1, -0.05) is 0 Å². The Morgan fingerprint density at radius 2 is 2.23 bits per heavy atom. The molecule has 0 atom stereocenters. The zero-order valence-electron chi connectivity index (χ0n) is 12.2. The van der Waals surface area contributed by atoms with Crippen molar-refractivity contribution in [1.29, 1.82) is 0 Å². The van der Waals surface area contributed by atoms with Gasteiger partial charge in [-0.15, -0.1) is 0 Å². The second-order valence-electron chi connectivity index (χ2n) is 4.97. The largest absolute Gasteiger partial charge is 0.495 e. The molecule has 0 spiro atoms. The maximum atomic E-state index is 12.0. The molecule has 0 unspecified atom stereocenters. The molecule has 1 N–H and O–H groups in total. The van der Waals surface area contributed by atoms with Crippen LogP contribution in [0.3, 0.4) is 0 Å². The number of methoxy groups -OCH3 is 1. The molecule has 3 rings (SSSR count). The van der Waals surface area contributed by atoms with Gasteiger partial charge in [-0.2, -0.15) is 0 Å². The minimum Gasteiger partial charge on any atom is -0.495 e.